The number of nitrogens with two attached hydrogens (primary N) is 1. The summed E-state index contributed by atoms with van der Waals surface area (Å²) in [6.45, 7) is 3.73. The van der Waals surface area contributed by atoms with Gasteiger partial charge in [0.1, 0.15) is 12.6 Å². The molecule has 86 valence electrons. The monoisotopic (exact) mass is 215 g/mol. The van der Waals surface area contributed by atoms with Crippen molar-refractivity contribution in [1.82, 2.24) is 0 Å². The summed E-state index contributed by atoms with van der Waals surface area (Å²) in [6.07, 6.45) is 2.97. The average Bonchev–Trinajstić information content (AvgIpc) is 2.21. The molecule has 0 fully saturated rings. The molecule has 0 rings (SSSR count). The van der Waals surface area contributed by atoms with E-state index in [1.54, 1.807) is 0 Å². The molecule has 0 aromatic carbocycles. The molecule has 5 nitrogen and oxygen atoms in total. The maximum absolute atomic E-state index is 11.3. The second kappa shape index (κ2) is 7.00. The van der Waals surface area contributed by atoms with Crippen LogP contribution in [-0.4, -0.2) is 29.7 Å². The van der Waals surface area contributed by atoms with Gasteiger partial charge >= 0.3 is 11.9 Å². The molecule has 0 aliphatic heterocycles. The van der Waals surface area contributed by atoms with Crippen LogP contribution in [0.3, 0.4) is 0 Å². The van der Waals surface area contributed by atoms with Gasteiger partial charge in [-0.2, -0.15) is 0 Å². The molecule has 3 N–H and O–H groups in total. The Bertz CT molecular complexity index is 250. The first-order chi connectivity index (χ1) is 6.99. The molecule has 0 aliphatic rings. The zero-order chi connectivity index (χ0) is 11.8. The van der Waals surface area contributed by atoms with E-state index in [4.69, 9.17) is 15.6 Å². The fourth-order valence-electron chi connectivity index (χ4n) is 0.862. The fraction of sp³-hybridized carbons (Fsp3) is 0.600. The number of carboxylic acid groups (broad SMARTS) is 1. The molecular formula is C10H17NO4. The van der Waals surface area contributed by atoms with Crippen LogP contribution in [0.15, 0.2) is 12.2 Å². The number of hydrogen-bond donors (Lipinski definition) is 2. The largest absolute Gasteiger partial charge is 0.478 e. The lowest BCUT2D eigenvalue weighted by atomic mass is 10.0. The molecule has 0 bridgehead atoms. The fourth-order valence-corrected chi connectivity index (χ4v) is 0.862. The number of carboxylic acids is 1. The number of carbonyl (C=O) groups is 2. The van der Waals surface area contributed by atoms with Gasteiger partial charge in [-0.1, -0.05) is 20.3 Å². The highest BCUT2D eigenvalue weighted by atomic mass is 16.5. The summed E-state index contributed by atoms with van der Waals surface area (Å²) in [5.74, 6) is -1.52. The lowest BCUT2D eigenvalue weighted by Crippen LogP contribution is -2.38. The van der Waals surface area contributed by atoms with E-state index in [1.807, 2.05) is 13.8 Å². The van der Waals surface area contributed by atoms with E-state index in [-0.39, 0.29) is 12.5 Å². The first-order valence-corrected chi connectivity index (χ1v) is 4.80. The summed E-state index contributed by atoms with van der Waals surface area (Å²) in [5.41, 5.74) is 5.60. The molecule has 0 aromatic heterocycles. The Morgan fingerprint density at radius 2 is 2.13 bits per heavy atom. The predicted octanol–water partition coefficient (Wildman–Crippen LogP) is 0.544. The highest BCUT2D eigenvalue weighted by Crippen LogP contribution is 2.06. The van der Waals surface area contributed by atoms with Crippen LogP contribution in [0, 0.1) is 5.92 Å². The Morgan fingerprint density at radius 1 is 1.53 bits per heavy atom. The van der Waals surface area contributed by atoms with E-state index in [0.717, 1.165) is 12.5 Å². The second-order valence-corrected chi connectivity index (χ2v) is 3.28. The lowest BCUT2D eigenvalue weighted by molar-refractivity contribution is -0.145. The van der Waals surface area contributed by atoms with Gasteiger partial charge in [0.2, 0.25) is 0 Å². The van der Waals surface area contributed by atoms with Gasteiger partial charge in [0.15, 0.2) is 0 Å². The minimum Gasteiger partial charge on any atom is -0.478 e. The van der Waals surface area contributed by atoms with E-state index in [1.165, 1.54) is 6.08 Å². The predicted molar refractivity (Wildman–Crippen MR) is 55.2 cm³/mol. The highest BCUT2D eigenvalue weighted by Gasteiger charge is 2.20. The number of carbonyl (C=O) groups excluding carboxylic acids is 1. The number of esters is 1. The molecule has 0 radical (unpaired) electrons. The zero-order valence-corrected chi connectivity index (χ0v) is 8.97. The maximum Gasteiger partial charge on any atom is 0.328 e. The summed E-state index contributed by atoms with van der Waals surface area (Å²) in [7, 11) is 0. The summed E-state index contributed by atoms with van der Waals surface area (Å²) in [4.78, 5) is 21.3. The van der Waals surface area contributed by atoms with Crippen molar-refractivity contribution < 1.29 is 19.4 Å². The third-order valence-electron chi connectivity index (χ3n) is 2.11. The SMILES string of the molecule is CC[C@H](C)[C@H](N)C(=O)OC/C=C\C(=O)O. The van der Waals surface area contributed by atoms with E-state index in [0.29, 0.717) is 0 Å². The summed E-state index contributed by atoms with van der Waals surface area (Å²) in [6, 6.07) is -0.645. The summed E-state index contributed by atoms with van der Waals surface area (Å²) >= 11 is 0. The van der Waals surface area contributed by atoms with Gasteiger partial charge in [-0.05, 0) is 12.0 Å². The molecule has 0 heterocycles. The summed E-state index contributed by atoms with van der Waals surface area (Å²) < 4.78 is 4.76. The first-order valence-electron chi connectivity index (χ1n) is 4.80. The smallest absolute Gasteiger partial charge is 0.328 e. The molecule has 5 heteroatoms. The van der Waals surface area contributed by atoms with E-state index < -0.39 is 18.0 Å². The number of aliphatic carboxylic acids is 1. The maximum atomic E-state index is 11.3. The number of rotatable bonds is 6. The van der Waals surface area contributed by atoms with E-state index >= 15 is 0 Å². The molecule has 0 unspecified atom stereocenters. The minimum atomic E-state index is -1.07. The van der Waals surface area contributed by atoms with Crippen molar-refractivity contribution in [2.24, 2.45) is 11.7 Å². The van der Waals surface area contributed by atoms with Gasteiger partial charge in [-0.3, -0.25) is 4.79 Å². The van der Waals surface area contributed by atoms with Crippen LogP contribution in [-0.2, 0) is 14.3 Å². The molecule has 0 saturated heterocycles. The van der Waals surface area contributed by atoms with Crippen molar-refractivity contribution in [3.05, 3.63) is 12.2 Å². The van der Waals surface area contributed by atoms with Crippen LogP contribution in [0.1, 0.15) is 20.3 Å². The van der Waals surface area contributed by atoms with Crippen molar-refractivity contribution in [3.63, 3.8) is 0 Å². The van der Waals surface area contributed by atoms with Gasteiger partial charge in [0, 0.05) is 6.08 Å². The molecule has 0 saturated carbocycles. The topological polar surface area (TPSA) is 89.6 Å². The first kappa shape index (κ1) is 13.6. The standard InChI is InChI=1S/C10H17NO4/c1-3-7(2)9(11)10(14)15-6-4-5-8(12)13/h4-5,7,9H,3,6,11H2,1-2H3,(H,12,13)/b5-4-/t7-,9-/m0/s1. The molecule has 0 amide bonds. The second-order valence-electron chi connectivity index (χ2n) is 3.28. The molecule has 2 atom stereocenters. The summed E-state index contributed by atoms with van der Waals surface area (Å²) in [5, 5.41) is 8.26. The van der Waals surface area contributed by atoms with Crippen LogP contribution in [0.4, 0.5) is 0 Å². The van der Waals surface area contributed by atoms with Gasteiger partial charge < -0.3 is 15.6 Å². The Hall–Kier alpha value is -1.36. The molecule has 0 aromatic rings. The van der Waals surface area contributed by atoms with Crippen molar-refractivity contribution in [1.29, 1.82) is 0 Å². The molecule has 0 spiro atoms. The molecule has 15 heavy (non-hydrogen) atoms. The van der Waals surface area contributed by atoms with Crippen molar-refractivity contribution in [2.75, 3.05) is 6.61 Å². The lowest BCUT2D eigenvalue weighted by Gasteiger charge is -2.15. The Labute approximate surface area is 88.9 Å². The molecular weight excluding hydrogens is 198 g/mol. The van der Waals surface area contributed by atoms with Crippen molar-refractivity contribution >= 4 is 11.9 Å². The number of hydrogen-bond acceptors (Lipinski definition) is 4. The average molecular weight is 215 g/mol. The van der Waals surface area contributed by atoms with Gasteiger partial charge in [0.05, 0.1) is 0 Å². The normalized spacial score (nSPS) is 14.9. The van der Waals surface area contributed by atoms with E-state index in [9.17, 15) is 9.59 Å². The Kier molecular flexibility index (Phi) is 6.37. The van der Waals surface area contributed by atoms with Crippen LogP contribution >= 0.6 is 0 Å². The minimum absolute atomic E-state index is 0.0564. The van der Waals surface area contributed by atoms with Crippen molar-refractivity contribution in [2.45, 2.75) is 26.3 Å². The highest BCUT2D eigenvalue weighted by molar-refractivity contribution is 5.80. The van der Waals surface area contributed by atoms with Crippen molar-refractivity contribution in [3.8, 4) is 0 Å². The third kappa shape index (κ3) is 5.85. The van der Waals surface area contributed by atoms with Crippen LogP contribution in [0.25, 0.3) is 0 Å². The van der Waals surface area contributed by atoms with Gasteiger partial charge in [-0.25, -0.2) is 4.79 Å². The third-order valence-corrected chi connectivity index (χ3v) is 2.11. The molecule has 0 aliphatic carbocycles. The van der Waals surface area contributed by atoms with Gasteiger partial charge in [-0.15, -0.1) is 0 Å². The van der Waals surface area contributed by atoms with Crippen LogP contribution in [0.5, 0.6) is 0 Å². The number of ether oxygens (including phenoxy) is 1. The quantitative estimate of drug-likeness (QED) is 0.498. The van der Waals surface area contributed by atoms with Gasteiger partial charge in [0.25, 0.3) is 0 Å². The van der Waals surface area contributed by atoms with Crippen LogP contribution in [0.2, 0.25) is 0 Å². The Morgan fingerprint density at radius 3 is 2.60 bits per heavy atom. The Balaban J connectivity index is 3.88. The van der Waals surface area contributed by atoms with E-state index in [2.05, 4.69) is 0 Å². The van der Waals surface area contributed by atoms with Crippen LogP contribution < -0.4 is 5.73 Å². The zero-order valence-electron chi connectivity index (χ0n) is 8.97.